The van der Waals surface area contributed by atoms with Crippen LogP contribution < -0.4 is 0 Å². The van der Waals surface area contributed by atoms with Crippen LogP contribution >= 0.6 is 0 Å². The van der Waals surface area contributed by atoms with Crippen molar-refractivity contribution in [3.63, 3.8) is 0 Å². The van der Waals surface area contributed by atoms with Crippen LogP contribution in [0.25, 0.3) is 88.2 Å². The van der Waals surface area contributed by atoms with Gasteiger partial charge in [0.15, 0.2) is 0 Å². The van der Waals surface area contributed by atoms with Crippen LogP contribution in [-0.4, -0.2) is 19.1 Å². The molecule has 3 aliphatic rings. The van der Waals surface area contributed by atoms with Crippen LogP contribution in [0.1, 0.15) is 42.0 Å². The Labute approximate surface area is 301 Å². The molecule has 1 atom stereocenters. The summed E-state index contributed by atoms with van der Waals surface area (Å²) >= 11 is 0. The molecule has 52 heavy (non-hydrogen) atoms. The van der Waals surface area contributed by atoms with Crippen molar-refractivity contribution in [1.82, 2.24) is 19.1 Å². The second-order valence-corrected chi connectivity index (χ2v) is 15.3. The quantitative estimate of drug-likeness (QED) is 0.188. The predicted molar refractivity (Wildman–Crippen MR) is 216 cm³/mol. The van der Waals surface area contributed by atoms with E-state index in [1.54, 1.807) is 0 Å². The third kappa shape index (κ3) is 3.87. The van der Waals surface area contributed by atoms with Gasteiger partial charge < -0.3 is 4.57 Å². The van der Waals surface area contributed by atoms with Crippen molar-refractivity contribution in [2.24, 2.45) is 5.92 Å². The predicted octanol–water partition coefficient (Wildman–Crippen LogP) is 11.7. The average Bonchev–Trinajstić information content (AvgIpc) is 3.86. The van der Waals surface area contributed by atoms with Gasteiger partial charge in [-0.3, -0.25) is 4.57 Å². The molecule has 4 heteroatoms. The van der Waals surface area contributed by atoms with E-state index in [1.807, 2.05) is 0 Å². The number of allylic oxidation sites excluding steroid dienone is 4. The second kappa shape index (κ2) is 10.5. The van der Waals surface area contributed by atoms with E-state index in [0.717, 1.165) is 60.2 Å². The Kier molecular flexibility index (Phi) is 5.80. The van der Waals surface area contributed by atoms with Crippen LogP contribution in [0, 0.1) is 5.92 Å². The Morgan fingerprint density at radius 2 is 1.17 bits per heavy atom. The van der Waals surface area contributed by atoms with E-state index >= 15 is 0 Å². The minimum Gasteiger partial charge on any atom is -0.312 e. The van der Waals surface area contributed by atoms with E-state index in [9.17, 15) is 0 Å². The molecule has 9 aromatic rings. The summed E-state index contributed by atoms with van der Waals surface area (Å²) in [4.78, 5) is 10.9. The summed E-state index contributed by atoms with van der Waals surface area (Å²) in [6.45, 7) is 2.34. The van der Waals surface area contributed by atoms with E-state index in [2.05, 4.69) is 137 Å². The molecule has 0 saturated carbocycles. The highest BCUT2D eigenvalue weighted by Gasteiger charge is 2.29. The molecule has 3 aliphatic carbocycles. The fourth-order valence-corrected chi connectivity index (χ4v) is 9.72. The highest BCUT2D eigenvalue weighted by atomic mass is 15.2. The van der Waals surface area contributed by atoms with Crippen molar-refractivity contribution >= 4 is 71.0 Å². The number of para-hydroxylation sites is 1. The first kappa shape index (κ1) is 28.7. The maximum absolute atomic E-state index is 5.50. The standard InChI is InChI=1S/C48H36N4/c1-28-11-9-16-34(23-28)51-41-26-31-15-10-14-30(31)24-38(41)43-44-39-25-32-21-22-33(32)27-42(39)52(47(44)36-18-6-5-17-35(36)46(43)51)48-49-40-20-8-7-19-37(40)45(50-48)29-12-3-2-4-13-29/h2-9,11-13,16-20,24-28H,10,14-15,21-23H2,1H3. The van der Waals surface area contributed by atoms with Gasteiger partial charge in [-0.05, 0) is 103 Å². The van der Waals surface area contributed by atoms with Crippen LogP contribution in [0.5, 0.6) is 0 Å². The number of nitrogens with zero attached hydrogens (tertiary/aromatic N) is 4. The Hall–Kier alpha value is -6.00. The Balaban J connectivity index is 1.32. The van der Waals surface area contributed by atoms with Crippen molar-refractivity contribution < 1.29 is 0 Å². The summed E-state index contributed by atoms with van der Waals surface area (Å²) in [6.07, 6.45) is 13.8. The summed E-state index contributed by atoms with van der Waals surface area (Å²) in [5.74, 6) is 1.21. The molecule has 0 bridgehead atoms. The third-order valence-corrected chi connectivity index (χ3v) is 12.2. The maximum atomic E-state index is 5.50. The highest BCUT2D eigenvalue weighted by Crippen LogP contribution is 2.49. The zero-order chi connectivity index (χ0) is 34.1. The second-order valence-electron chi connectivity index (χ2n) is 15.3. The van der Waals surface area contributed by atoms with Gasteiger partial charge in [-0.15, -0.1) is 0 Å². The summed E-state index contributed by atoms with van der Waals surface area (Å²) in [6, 6.07) is 38.2. The van der Waals surface area contributed by atoms with Crippen LogP contribution in [0.2, 0.25) is 0 Å². The SMILES string of the molecule is CC1C=CC=C(n2c3cc4c(cc3c3c5c6cc7c(cc6n(-c6nc(-c8ccccc8)c8ccccc8n6)c5c5ccccc5c32)CC7)CCC4)C1. The van der Waals surface area contributed by atoms with E-state index in [1.165, 1.54) is 88.8 Å². The normalized spacial score (nSPS) is 16.7. The maximum Gasteiger partial charge on any atom is 0.235 e. The van der Waals surface area contributed by atoms with Crippen molar-refractivity contribution in [2.45, 2.75) is 45.4 Å². The Morgan fingerprint density at radius 1 is 0.577 bits per heavy atom. The fourth-order valence-electron chi connectivity index (χ4n) is 9.72. The molecule has 4 nitrogen and oxygen atoms in total. The van der Waals surface area contributed by atoms with Crippen molar-refractivity contribution in [2.75, 3.05) is 0 Å². The lowest BCUT2D eigenvalue weighted by atomic mass is 9.87. The van der Waals surface area contributed by atoms with Gasteiger partial charge in [-0.2, -0.15) is 0 Å². The van der Waals surface area contributed by atoms with E-state index in [4.69, 9.17) is 9.97 Å². The van der Waals surface area contributed by atoms with Gasteiger partial charge in [-0.1, -0.05) is 91.9 Å². The molecular formula is C48H36N4. The average molecular weight is 669 g/mol. The first-order chi connectivity index (χ1) is 25.7. The van der Waals surface area contributed by atoms with Gasteiger partial charge in [-0.25, -0.2) is 9.97 Å². The fraction of sp³-hybridized carbons (Fsp3) is 0.167. The summed E-state index contributed by atoms with van der Waals surface area (Å²) in [7, 11) is 0. The molecule has 0 radical (unpaired) electrons. The monoisotopic (exact) mass is 668 g/mol. The van der Waals surface area contributed by atoms with Crippen LogP contribution in [0.3, 0.4) is 0 Å². The van der Waals surface area contributed by atoms with Crippen molar-refractivity contribution in [3.05, 3.63) is 144 Å². The first-order valence-corrected chi connectivity index (χ1v) is 18.9. The molecule has 0 saturated heterocycles. The van der Waals surface area contributed by atoms with Gasteiger partial charge in [0.25, 0.3) is 0 Å². The molecule has 12 rings (SSSR count). The molecule has 3 aromatic heterocycles. The number of rotatable bonds is 3. The van der Waals surface area contributed by atoms with Crippen molar-refractivity contribution in [3.8, 4) is 17.2 Å². The molecule has 0 spiro atoms. The Bertz CT molecular complexity index is 3080. The number of aryl methyl sites for hydroxylation is 4. The van der Waals surface area contributed by atoms with Gasteiger partial charge >= 0.3 is 0 Å². The van der Waals surface area contributed by atoms with Crippen LogP contribution in [-0.2, 0) is 25.7 Å². The lowest BCUT2D eigenvalue weighted by molar-refractivity contribution is 0.730. The van der Waals surface area contributed by atoms with E-state index in [-0.39, 0.29) is 0 Å². The molecule has 3 heterocycles. The minimum absolute atomic E-state index is 0.488. The summed E-state index contributed by atoms with van der Waals surface area (Å²) < 4.78 is 5.04. The van der Waals surface area contributed by atoms with E-state index in [0.29, 0.717) is 5.92 Å². The summed E-state index contributed by atoms with van der Waals surface area (Å²) in [5, 5.41) is 8.90. The molecule has 0 amide bonds. The molecular weight excluding hydrogens is 633 g/mol. The number of hydrogen-bond donors (Lipinski definition) is 0. The molecule has 0 aliphatic heterocycles. The molecule has 6 aromatic carbocycles. The largest absolute Gasteiger partial charge is 0.312 e. The van der Waals surface area contributed by atoms with Crippen LogP contribution in [0.4, 0.5) is 0 Å². The Morgan fingerprint density at radius 3 is 1.88 bits per heavy atom. The first-order valence-electron chi connectivity index (χ1n) is 18.9. The minimum atomic E-state index is 0.488. The van der Waals surface area contributed by atoms with Gasteiger partial charge in [0.1, 0.15) is 0 Å². The number of hydrogen-bond acceptors (Lipinski definition) is 2. The summed E-state index contributed by atoms with van der Waals surface area (Å²) in [5.41, 5.74) is 15.4. The van der Waals surface area contributed by atoms with Crippen LogP contribution in [0.15, 0.2) is 121 Å². The highest BCUT2D eigenvalue weighted by molar-refractivity contribution is 6.37. The van der Waals surface area contributed by atoms with Crippen molar-refractivity contribution in [1.29, 1.82) is 0 Å². The molecule has 0 fully saturated rings. The van der Waals surface area contributed by atoms with Gasteiger partial charge in [0.2, 0.25) is 5.95 Å². The van der Waals surface area contributed by atoms with Gasteiger partial charge in [0.05, 0.1) is 33.3 Å². The number of fused-ring (bicyclic) bond motifs is 13. The number of benzene rings is 6. The van der Waals surface area contributed by atoms with E-state index < -0.39 is 0 Å². The lowest BCUT2D eigenvalue weighted by Crippen LogP contribution is -2.09. The lowest BCUT2D eigenvalue weighted by Gasteiger charge is -2.19. The smallest absolute Gasteiger partial charge is 0.235 e. The zero-order valence-corrected chi connectivity index (χ0v) is 29.2. The molecule has 248 valence electrons. The topological polar surface area (TPSA) is 35.6 Å². The zero-order valence-electron chi connectivity index (χ0n) is 29.2. The number of aromatic nitrogens is 4. The third-order valence-electron chi connectivity index (χ3n) is 12.2. The molecule has 1 unspecified atom stereocenters. The molecule has 0 N–H and O–H groups in total. The van der Waals surface area contributed by atoms with Gasteiger partial charge in [0, 0.05) is 49.0 Å².